The van der Waals surface area contributed by atoms with Gasteiger partial charge in [-0.25, -0.2) is 0 Å². The first-order valence-electron chi connectivity index (χ1n) is 8.80. The van der Waals surface area contributed by atoms with Crippen molar-refractivity contribution in [2.45, 2.75) is 58.4 Å². The molecule has 1 aliphatic heterocycles. The molecule has 2 fully saturated rings. The van der Waals surface area contributed by atoms with Crippen LogP contribution in [0.2, 0.25) is 0 Å². The zero-order valence-corrected chi connectivity index (χ0v) is 16.3. The summed E-state index contributed by atoms with van der Waals surface area (Å²) in [7, 11) is 0. The molecule has 6 heteroatoms. The molecule has 0 aromatic carbocycles. The Morgan fingerprint density at radius 3 is 2.39 bits per heavy atom. The first kappa shape index (κ1) is 23.0. The number of hydrogen-bond donors (Lipinski definition) is 2. The number of carbonyl (C=O) groups excluding carboxylic acids is 1. The summed E-state index contributed by atoms with van der Waals surface area (Å²) in [5.74, 6) is 2.01. The van der Waals surface area contributed by atoms with Crippen molar-refractivity contribution in [3.63, 3.8) is 0 Å². The van der Waals surface area contributed by atoms with Crippen LogP contribution in [0, 0.1) is 17.8 Å². The van der Waals surface area contributed by atoms with Crippen LogP contribution < -0.4 is 11.1 Å². The molecule has 0 spiro atoms. The normalized spacial score (nSPS) is 31.6. The summed E-state index contributed by atoms with van der Waals surface area (Å²) in [6.07, 6.45) is 6.48. The number of amides is 1. The first-order chi connectivity index (χ1) is 10.0. The van der Waals surface area contributed by atoms with Crippen LogP contribution in [0.3, 0.4) is 0 Å². The Labute approximate surface area is 154 Å². The number of nitrogens with zero attached hydrogens (tertiary/aromatic N) is 1. The number of nitrogens with two attached hydrogens (primary N) is 1. The second-order valence-corrected chi connectivity index (χ2v) is 7.47. The molecule has 1 heterocycles. The van der Waals surface area contributed by atoms with Crippen molar-refractivity contribution in [1.82, 2.24) is 10.2 Å². The maximum atomic E-state index is 12.1. The predicted octanol–water partition coefficient (Wildman–Crippen LogP) is 2.83. The van der Waals surface area contributed by atoms with Gasteiger partial charge in [0.1, 0.15) is 0 Å². The summed E-state index contributed by atoms with van der Waals surface area (Å²) >= 11 is 0. The Morgan fingerprint density at radius 2 is 1.78 bits per heavy atom. The van der Waals surface area contributed by atoms with E-state index in [-0.39, 0.29) is 42.7 Å². The highest BCUT2D eigenvalue weighted by atomic mass is 35.5. The fourth-order valence-corrected chi connectivity index (χ4v) is 4.10. The molecule has 0 bridgehead atoms. The molecule has 4 atom stereocenters. The number of piperidine rings is 1. The van der Waals surface area contributed by atoms with E-state index in [1.165, 1.54) is 19.5 Å². The van der Waals surface area contributed by atoms with E-state index in [1.54, 1.807) is 0 Å². The molecule has 2 rings (SSSR count). The molecule has 1 saturated carbocycles. The van der Waals surface area contributed by atoms with Gasteiger partial charge in [0.05, 0.1) is 0 Å². The molecule has 23 heavy (non-hydrogen) atoms. The van der Waals surface area contributed by atoms with Gasteiger partial charge in [0, 0.05) is 31.6 Å². The Balaban J connectivity index is 0.00000242. The van der Waals surface area contributed by atoms with E-state index in [2.05, 4.69) is 24.1 Å². The molecule has 4 unspecified atom stereocenters. The van der Waals surface area contributed by atoms with E-state index in [1.807, 2.05) is 0 Å². The lowest BCUT2D eigenvalue weighted by Gasteiger charge is -2.35. The maximum Gasteiger partial charge on any atom is 0.223 e. The highest BCUT2D eigenvalue weighted by Crippen LogP contribution is 2.23. The average molecular weight is 368 g/mol. The SMILES string of the molecule is CC1CC(C)CN(CCCNC(=O)C2CCCC(N)C2)C1.Cl.Cl. The van der Waals surface area contributed by atoms with E-state index in [4.69, 9.17) is 5.73 Å². The quantitative estimate of drug-likeness (QED) is 0.734. The largest absolute Gasteiger partial charge is 0.356 e. The molecule has 2 aliphatic rings. The topological polar surface area (TPSA) is 58.4 Å². The van der Waals surface area contributed by atoms with Gasteiger partial charge in [0.25, 0.3) is 0 Å². The third-order valence-corrected chi connectivity index (χ3v) is 4.98. The molecule has 1 aliphatic carbocycles. The van der Waals surface area contributed by atoms with Crippen molar-refractivity contribution in [3.8, 4) is 0 Å². The lowest BCUT2D eigenvalue weighted by atomic mass is 9.85. The molecule has 3 N–H and O–H groups in total. The van der Waals surface area contributed by atoms with Crippen molar-refractivity contribution >= 4 is 30.7 Å². The summed E-state index contributed by atoms with van der Waals surface area (Å²) in [6, 6.07) is 0.228. The average Bonchev–Trinajstić information content (AvgIpc) is 2.42. The molecule has 0 aromatic rings. The standard InChI is InChI=1S/C17H33N3O.2ClH/c1-13-9-14(2)12-20(11-13)8-4-7-19-17(21)15-5-3-6-16(18)10-15;;/h13-16H,3-12,18H2,1-2H3,(H,19,21);2*1H. The van der Waals surface area contributed by atoms with E-state index in [9.17, 15) is 4.79 Å². The minimum atomic E-state index is 0. The zero-order valence-electron chi connectivity index (χ0n) is 14.6. The minimum Gasteiger partial charge on any atom is -0.356 e. The lowest BCUT2D eigenvalue weighted by molar-refractivity contribution is -0.126. The maximum absolute atomic E-state index is 12.1. The van der Waals surface area contributed by atoms with Gasteiger partial charge in [-0.1, -0.05) is 20.3 Å². The fourth-order valence-electron chi connectivity index (χ4n) is 4.10. The number of hydrogen-bond acceptors (Lipinski definition) is 3. The Hall–Kier alpha value is -0.0300. The van der Waals surface area contributed by atoms with Crippen molar-refractivity contribution in [3.05, 3.63) is 0 Å². The smallest absolute Gasteiger partial charge is 0.223 e. The molecule has 1 amide bonds. The Kier molecular flexibility index (Phi) is 11.5. The second-order valence-electron chi connectivity index (χ2n) is 7.47. The summed E-state index contributed by atoms with van der Waals surface area (Å²) in [6.45, 7) is 9.04. The first-order valence-corrected chi connectivity index (χ1v) is 8.80. The Morgan fingerprint density at radius 1 is 1.13 bits per heavy atom. The van der Waals surface area contributed by atoms with E-state index in [0.717, 1.165) is 57.0 Å². The number of nitrogens with one attached hydrogen (secondary N) is 1. The van der Waals surface area contributed by atoms with Crippen LogP contribution in [0.25, 0.3) is 0 Å². The van der Waals surface area contributed by atoms with Crippen molar-refractivity contribution in [2.75, 3.05) is 26.2 Å². The number of halogens is 2. The lowest BCUT2D eigenvalue weighted by Crippen LogP contribution is -2.41. The van der Waals surface area contributed by atoms with Gasteiger partial charge in [0.2, 0.25) is 5.91 Å². The molecular formula is C17H35Cl2N3O. The van der Waals surface area contributed by atoms with Crippen LogP contribution in [0.1, 0.15) is 52.4 Å². The Bertz CT molecular complexity index is 334. The molecular weight excluding hydrogens is 333 g/mol. The summed E-state index contributed by atoms with van der Waals surface area (Å²) in [5.41, 5.74) is 5.95. The van der Waals surface area contributed by atoms with Crippen molar-refractivity contribution in [2.24, 2.45) is 23.5 Å². The summed E-state index contributed by atoms with van der Waals surface area (Å²) < 4.78 is 0. The number of carbonyl (C=O) groups is 1. The number of likely N-dealkylation sites (tertiary alicyclic amines) is 1. The summed E-state index contributed by atoms with van der Waals surface area (Å²) in [5, 5.41) is 3.11. The van der Waals surface area contributed by atoms with Crippen LogP contribution >= 0.6 is 24.8 Å². The monoisotopic (exact) mass is 367 g/mol. The van der Waals surface area contributed by atoms with Crippen LogP contribution in [0.5, 0.6) is 0 Å². The van der Waals surface area contributed by atoms with Crippen LogP contribution in [0.15, 0.2) is 0 Å². The van der Waals surface area contributed by atoms with E-state index < -0.39 is 0 Å². The van der Waals surface area contributed by atoms with E-state index >= 15 is 0 Å². The van der Waals surface area contributed by atoms with Gasteiger partial charge in [-0.15, -0.1) is 24.8 Å². The number of rotatable bonds is 5. The molecule has 4 nitrogen and oxygen atoms in total. The highest BCUT2D eigenvalue weighted by Gasteiger charge is 2.25. The van der Waals surface area contributed by atoms with Gasteiger partial charge in [-0.3, -0.25) is 4.79 Å². The van der Waals surface area contributed by atoms with Crippen molar-refractivity contribution in [1.29, 1.82) is 0 Å². The van der Waals surface area contributed by atoms with Gasteiger partial charge in [-0.2, -0.15) is 0 Å². The van der Waals surface area contributed by atoms with Crippen LogP contribution in [-0.2, 0) is 4.79 Å². The van der Waals surface area contributed by atoms with Gasteiger partial charge < -0.3 is 16.0 Å². The van der Waals surface area contributed by atoms with Crippen LogP contribution in [-0.4, -0.2) is 43.0 Å². The third-order valence-electron chi connectivity index (χ3n) is 4.98. The molecule has 0 radical (unpaired) electrons. The molecule has 1 saturated heterocycles. The minimum absolute atomic E-state index is 0. The van der Waals surface area contributed by atoms with Crippen molar-refractivity contribution < 1.29 is 4.79 Å². The van der Waals surface area contributed by atoms with Gasteiger partial charge >= 0.3 is 0 Å². The predicted molar refractivity (Wildman–Crippen MR) is 101 cm³/mol. The second kappa shape index (κ2) is 11.5. The third kappa shape index (κ3) is 8.06. The summed E-state index contributed by atoms with van der Waals surface area (Å²) in [4.78, 5) is 14.7. The zero-order chi connectivity index (χ0) is 15.2. The highest BCUT2D eigenvalue weighted by molar-refractivity contribution is 5.85. The molecule has 0 aromatic heterocycles. The van der Waals surface area contributed by atoms with Crippen LogP contribution in [0.4, 0.5) is 0 Å². The van der Waals surface area contributed by atoms with Gasteiger partial charge in [0.15, 0.2) is 0 Å². The fraction of sp³-hybridized carbons (Fsp3) is 0.941. The van der Waals surface area contributed by atoms with E-state index in [0.29, 0.717) is 0 Å². The van der Waals surface area contributed by atoms with Gasteiger partial charge in [-0.05, 0) is 50.5 Å². The molecule has 138 valence electrons.